The molecule has 0 fully saturated rings. The molecule has 0 aliphatic carbocycles. The summed E-state index contributed by atoms with van der Waals surface area (Å²) < 4.78 is 10.5. The van der Waals surface area contributed by atoms with Crippen molar-refractivity contribution in [1.29, 1.82) is 0 Å². The first-order valence-corrected chi connectivity index (χ1v) is 6.30. The molecule has 4 heteroatoms. The minimum absolute atomic E-state index is 0.136. The topological polar surface area (TPSA) is 45.8 Å². The molecule has 19 heavy (non-hydrogen) atoms. The lowest BCUT2D eigenvalue weighted by Gasteiger charge is -2.20. The lowest BCUT2D eigenvalue weighted by atomic mass is 10.2. The molecule has 0 atom stereocenters. The van der Waals surface area contributed by atoms with Crippen LogP contribution in [0.5, 0.6) is 5.75 Å². The van der Waals surface area contributed by atoms with E-state index >= 15 is 0 Å². The van der Waals surface area contributed by atoms with Gasteiger partial charge in [0.15, 0.2) is 0 Å². The first-order chi connectivity index (χ1) is 9.31. The summed E-state index contributed by atoms with van der Waals surface area (Å²) >= 11 is 0. The largest absolute Gasteiger partial charge is 0.497 e. The van der Waals surface area contributed by atoms with E-state index in [1.165, 1.54) is 5.56 Å². The molecule has 2 aromatic rings. The van der Waals surface area contributed by atoms with Gasteiger partial charge in [0.25, 0.3) is 0 Å². The van der Waals surface area contributed by atoms with Gasteiger partial charge < -0.3 is 14.3 Å². The minimum atomic E-state index is 0.136. The molecule has 0 aliphatic rings. The van der Waals surface area contributed by atoms with Gasteiger partial charge in [-0.2, -0.15) is 0 Å². The molecule has 4 nitrogen and oxygen atoms in total. The number of rotatable bonds is 7. The predicted octanol–water partition coefficient (Wildman–Crippen LogP) is 2.28. The highest BCUT2D eigenvalue weighted by atomic mass is 16.5. The summed E-state index contributed by atoms with van der Waals surface area (Å²) in [5.74, 6) is 1.76. The Morgan fingerprint density at radius 1 is 1.16 bits per heavy atom. The highest BCUT2D eigenvalue weighted by Crippen LogP contribution is 2.14. The van der Waals surface area contributed by atoms with E-state index in [0.717, 1.165) is 18.1 Å². The van der Waals surface area contributed by atoms with Gasteiger partial charge >= 0.3 is 0 Å². The maximum atomic E-state index is 9.13. The van der Waals surface area contributed by atoms with Crippen LogP contribution < -0.4 is 4.74 Å². The van der Waals surface area contributed by atoms with Gasteiger partial charge in [0, 0.05) is 13.1 Å². The smallest absolute Gasteiger partial charge is 0.118 e. The van der Waals surface area contributed by atoms with Gasteiger partial charge in [0.05, 0.1) is 26.5 Å². The van der Waals surface area contributed by atoms with Crippen molar-refractivity contribution in [2.45, 2.75) is 13.1 Å². The Hall–Kier alpha value is -1.78. The summed E-state index contributed by atoms with van der Waals surface area (Å²) in [6.07, 6.45) is 1.67. The number of hydrogen-bond donors (Lipinski definition) is 1. The molecule has 2 rings (SSSR count). The maximum Gasteiger partial charge on any atom is 0.118 e. The molecule has 0 aliphatic heterocycles. The Kier molecular flexibility index (Phi) is 5.01. The quantitative estimate of drug-likeness (QED) is 0.830. The van der Waals surface area contributed by atoms with Crippen molar-refractivity contribution < 1.29 is 14.3 Å². The Balaban J connectivity index is 1.98. The first-order valence-electron chi connectivity index (χ1n) is 6.30. The Morgan fingerprint density at radius 3 is 2.53 bits per heavy atom. The Labute approximate surface area is 113 Å². The molecule has 0 radical (unpaired) electrons. The average molecular weight is 261 g/mol. The molecular formula is C15H19NO3. The predicted molar refractivity (Wildman–Crippen MR) is 72.9 cm³/mol. The van der Waals surface area contributed by atoms with Gasteiger partial charge in [0.2, 0.25) is 0 Å². The molecule has 0 spiro atoms. The fraction of sp³-hybridized carbons (Fsp3) is 0.333. The molecule has 1 aromatic heterocycles. The highest BCUT2D eigenvalue weighted by Gasteiger charge is 2.08. The van der Waals surface area contributed by atoms with Gasteiger partial charge in [-0.15, -0.1) is 0 Å². The zero-order chi connectivity index (χ0) is 13.5. The van der Waals surface area contributed by atoms with Crippen LogP contribution in [0.1, 0.15) is 11.3 Å². The van der Waals surface area contributed by atoms with E-state index < -0.39 is 0 Å². The Morgan fingerprint density at radius 2 is 1.95 bits per heavy atom. The van der Waals surface area contributed by atoms with Gasteiger partial charge in [-0.05, 0) is 29.8 Å². The molecule has 1 N–H and O–H groups in total. The van der Waals surface area contributed by atoms with Crippen LogP contribution >= 0.6 is 0 Å². The molecule has 0 bridgehead atoms. The number of furan rings is 1. The van der Waals surface area contributed by atoms with Crippen LogP contribution in [0.25, 0.3) is 0 Å². The van der Waals surface area contributed by atoms with E-state index in [1.807, 2.05) is 36.4 Å². The second-order valence-corrected chi connectivity index (χ2v) is 4.36. The van der Waals surface area contributed by atoms with Crippen molar-refractivity contribution in [3.8, 4) is 5.75 Å². The van der Waals surface area contributed by atoms with Gasteiger partial charge in [0.1, 0.15) is 11.5 Å². The second-order valence-electron chi connectivity index (χ2n) is 4.36. The first kappa shape index (κ1) is 13.6. The van der Waals surface area contributed by atoms with E-state index in [9.17, 15) is 0 Å². The molecule has 102 valence electrons. The van der Waals surface area contributed by atoms with E-state index in [4.69, 9.17) is 14.3 Å². The number of aliphatic hydroxyl groups excluding tert-OH is 1. The lowest BCUT2D eigenvalue weighted by Crippen LogP contribution is -2.25. The van der Waals surface area contributed by atoms with Crippen LogP contribution in [0.4, 0.5) is 0 Å². The summed E-state index contributed by atoms with van der Waals surface area (Å²) in [6.45, 7) is 2.22. The van der Waals surface area contributed by atoms with Crippen molar-refractivity contribution >= 4 is 0 Å². The second kappa shape index (κ2) is 6.97. The van der Waals surface area contributed by atoms with Crippen molar-refractivity contribution in [3.05, 3.63) is 54.0 Å². The van der Waals surface area contributed by atoms with E-state index in [2.05, 4.69) is 4.90 Å². The molecule has 0 amide bonds. The SMILES string of the molecule is COc1ccc(CN(CCO)Cc2ccco2)cc1. The standard InChI is InChI=1S/C15H19NO3/c1-18-14-6-4-13(5-7-14)11-16(8-9-17)12-15-3-2-10-19-15/h2-7,10,17H,8-9,11-12H2,1H3. The third-order valence-electron chi connectivity index (χ3n) is 2.94. The minimum Gasteiger partial charge on any atom is -0.497 e. The number of nitrogens with zero attached hydrogens (tertiary/aromatic N) is 1. The fourth-order valence-electron chi connectivity index (χ4n) is 1.97. The van der Waals surface area contributed by atoms with Crippen molar-refractivity contribution in [2.75, 3.05) is 20.3 Å². The third-order valence-corrected chi connectivity index (χ3v) is 2.94. The van der Waals surface area contributed by atoms with Gasteiger partial charge in [-0.3, -0.25) is 4.90 Å². The summed E-state index contributed by atoms with van der Waals surface area (Å²) in [5.41, 5.74) is 1.18. The summed E-state index contributed by atoms with van der Waals surface area (Å²) in [7, 11) is 1.66. The Bertz CT molecular complexity index is 465. The number of methoxy groups -OCH3 is 1. The lowest BCUT2D eigenvalue weighted by molar-refractivity contribution is 0.175. The summed E-state index contributed by atoms with van der Waals surface area (Å²) in [6, 6.07) is 11.8. The number of benzene rings is 1. The molecule has 1 heterocycles. The van der Waals surface area contributed by atoms with Crippen molar-refractivity contribution in [2.24, 2.45) is 0 Å². The molecule has 0 unspecified atom stereocenters. The molecule has 0 saturated carbocycles. The zero-order valence-electron chi connectivity index (χ0n) is 11.1. The van der Waals surface area contributed by atoms with Crippen LogP contribution in [0.2, 0.25) is 0 Å². The molecular weight excluding hydrogens is 242 g/mol. The van der Waals surface area contributed by atoms with Crippen LogP contribution in [-0.2, 0) is 13.1 Å². The van der Waals surface area contributed by atoms with E-state index in [0.29, 0.717) is 13.1 Å². The summed E-state index contributed by atoms with van der Waals surface area (Å²) in [5, 5.41) is 9.13. The van der Waals surface area contributed by atoms with Gasteiger partial charge in [-0.25, -0.2) is 0 Å². The zero-order valence-corrected chi connectivity index (χ0v) is 11.1. The average Bonchev–Trinajstić information content (AvgIpc) is 2.93. The van der Waals surface area contributed by atoms with Crippen molar-refractivity contribution in [3.63, 3.8) is 0 Å². The van der Waals surface area contributed by atoms with Crippen LogP contribution in [-0.4, -0.2) is 30.3 Å². The summed E-state index contributed by atoms with van der Waals surface area (Å²) in [4.78, 5) is 2.14. The van der Waals surface area contributed by atoms with Crippen LogP contribution in [0.15, 0.2) is 47.1 Å². The monoisotopic (exact) mass is 261 g/mol. The van der Waals surface area contributed by atoms with E-state index in [-0.39, 0.29) is 6.61 Å². The van der Waals surface area contributed by atoms with Gasteiger partial charge in [-0.1, -0.05) is 12.1 Å². The third kappa shape index (κ3) is 4.12. The van der Waals surface area contributed by atoms with Crippen LogP contribution in [0.3, 0.4) is 0 Å². The van der Waals surface area contributed by atoms with Crippen molar-refractivity contribution in [1.82, 2.24) is 4.90 Å². The normalized spacial score (nSPS) is 10.9. The fourth-order valence-corrected chi connectivity index (χ4v) is 1.97. The van der Waals surface area contributed by atoms with Crippen LogP contribution in [0, 0.1) is 0 Å². The number of ether oxygens (including phenoxy) is 1. The van der Waals surface area contributed by atoms with E-state index in [1.54, 1.807) is 13.4 Å². The maximum absolute atomic E-state index is 9.13. The number of aliphatic hydroxyl groups is 1. The molecule has 0 saturated heterocycles. The molecule has 1 aromatic carbocycles. The highest BCUT2D eigenvalue weighted by molar-refractivity contribution is 5.27. The number of hydrogen-bond acceptors (Lipinski definition) is 4.